The minimum absolute atomic E-state index is 0.0755. The van der Waals surface area contributed by atoms with Crippen LogP contribution in [0.3, 0.4) is 0 Å². The summed E-state index contributed by atoms with van der Waals surface area (Å²) in [6.45, 7) is 0. The van der Waals surface area contributed by atoms with Crippen LogP contribution in [0.15, 0.2) is 4.42 Å². The molecule has 0 fully saturated rings. The van der Waals surface area contributed by atoms with Crippen LogP contribution in [0.2, 0.25) is 0 Å². The molecule has 0 radical (unpaired) electrons. The molecule has 0 unspecified atom stereocenters. The second-order valence-electron chi connectivity index (χ2n) is 0.938. The summed E-state index contributed by atoms with van der Waals surface area (Å²) in [5.41, 5.74) is 0. The summed E-state index contributed by atoms with van der Waals surface area (Å²) in [7, 11) is 0. The molecule has 0 bridgehead atoms. The van der Waals surface area contributed by atoms with Crippen molar-refractivity contribution in [3.8, 4) is 0 Å². The number of nitrogens with zero attached hydrogens (tertiary/aromatic N) is 1. The zero-order valence-electron chi connectivity index (χ0n) is 3.52. The van der Waals surface area contributed by atoms with Crippen LogP contribution in [0.5, 0.6) is 0 Å². The van der Waals surface area contributed by atoms with Crippen molar-refractivity contribution in [1.82, 2.24) is 10.2 Å². The van der Waals surface area contributed by atoms with Crippen molar-refractivity contribution in [2.45, 2.75) is 0 Å². The summed E-state index contributed by atoms with van der Waals surface area (Å²) in [5, 5.41) is 6.32. The van der Waals surface area contributed by atoms with E-state index in [4.69, 9.17) is 4.42 Å². The molecular formula is C2HI2N2OS-. The maximum absolute atomic E-state index is 4.92. The number of hydrogen-bond acceptors (Lipinski definition) is 3. The van der Waals surface area contributed by atoms with Crippen molar-refractivity contribution in [3.63, 3.8) is 0 Å². The Hall–Kier alpha value is 0.820. The van der Waals surface area contributed by atoms with Gasteiger partial charge in [0.2, 0.25) is 0 Å². The molecule has 1 N–H and O–H groups in total. The van der Waals surface area contributed by atoms with E-state index in [1.807, 2.05) is 0 Å². The Morgan fingerprint density at radius 3 is 2.88 bits per heavy atom. The predicted octanol–water partition coefficient (Wildman–Crippen LogP) is -1.66. The van der Waals surface area contributed by atoms with Crippen LogP contribution in [-0.4, -0.2) is 10.2 Å². The Bertz CT molecular complexity index is 218. The van der Waals surface area contributed by atoms with E-state index >= 15 is 0 Å². The normalized spacial score (nSPS) is 10.1. The SMILES string of the molecule is S=c1[nH]nc([I-]I)o1. The summed E-state index contributed by atoms with van der Waals surface area (Å²) in [6, 6.07) is 0. The van der Waals surface area contributed by atoms with Crippen LogP contribution >= 0.6 is 30.8 Å². The van der Waals surface area contributed by atoms with Crippen molar-refractivity contribution < 1.29 is 21.6 Å². The van der Waals surface area contributed by atoms with Gasteiger partial charge in [0.25, 0.3) is 0 Å². The van der Waals surface area contributed by atoms with Crippen molar-refractivity contribution in [2.75, 3.05) is 0 Å². The molecule has 0 aromatic carbocycles. The molecule has 0 atom stereocenters. The Kier molecular flexibility index (Phi) is 2.69. The third-order valence-electron chi connectivity index (χ3n) is 0.473. The first-order valence-electron chi connectivity index (χ1n) is 1.64. The molecule has 0 saturated carbocycles. The molecule has 46 valence electrons. The number of hydrogen-bond donors (Lipinski definition) is 1. The van der Waals surface area contributed by atoms with Crippen molar-refractivity contribution in [3.05, 3.63) is 8.73 Å². The topological polar surface area (TPSA) is 41.8 Å². The number of rotatable bonds is 1. The van der Waals surface area contributed by atoms with E-state index in [2.05, 4.69) is 41.0 Å². The molecule has 0 amide bonds. The molecule has 0 aliphatic heterocycles. The Labute approximate surface area is 70.7 Å². The first-order valence-corrected chi connectivity index (χ1v) is 9.41. The second-order valence-corrected chi connectivity index (χ2v) is 5.37. The number of halogens is 2. The van der Waals surface area contributed by atoms with Crippen LogP contribution in [0.1, 0.15) is 0 Å². The molecule has 1 aromatic rings. The van der Waals surface area contributed by atoms with Crippen LogP contribution < -0.4 is 17.2 Å². The van der Waals surface area contributed by atoms with E-state index in [0.717, 1.165) is 3.90 Å². The molecule has 0 aliphatic rings. The number of aromatic amines is 1. The maximum atomic E-state index is 4.92. The van der Waals surface area contributed by atoms with Gasteiger partial charge in [-0.05, 0) is 0 Å². The van der Waals surface area contributed by atoms with E-state index in [9.17, 15) is 0 Å². The summed E-state index contributed by atoms with van der Waals surface area (Å²) in [4.78, 5) is 0.372. The van der Waals surface area contributed by atoms with Crippen LogP contribution in [0.4, 0.5) is 0 Å². The number of H-pyrrole nitrogens is 1. The third-order valence-corrected chi connectivity index (χ3v) is 3.80. The van der Waals surface area contributed by atoms with Gasteiger partial charge in [0.1, 0.15) is 0 Å². The summed E-state index contributed by atoms with van der Waals surface area (Å²) < 4.78 is 5.68. The van der Waals surface area contributed by atoms with Gasteiger partial charge >= 0.3 is 71.4 Å². The molecule has 0 aliphatic carbocycles. The Morgan fingerprint density at radius 1 is 1.88 bits per heavy atom. The molecule has 0 spiro atoms. The van der Waals surface area contributed by atoms with Crippen molar-refractivity contribution in [1.29, 1.82) is 0 Å². The minimum atomic E-state index is -0.0755. The van der Waals surface area contributed by atoms with Gasteiger partial charge in [0.05, 0.1) is 0 Å². The zero-order chi connectivity index (χ0) is 5.98. The Morgan fingerprint density at radius 2 is 2.62 bits per heavy atom. The third kappa shape index (κ3) is 1.65. The van der Waals surface area contributed by atoms with E-state index < -0.39 is 0 Å². The fraction of sp³-hybridized carbons (Fsp3) is 0. The summed E-state index contributed by atoms with van der Waals surface area (Å²) >= 11 is 6.81. The van der Waals surface area contributed by atoms with E-state index in [0.29, 0.717) is 4.84 Å². The fourth-order valence-electron chi connectivity index (χ4n) is 0.242. The van der Waals surface area contributed by atoms with Gasteiger partial charge in [-0.1, -0.05) is 0 Å². The van der Waals surface area contributed by atoms with Crippen molar-refractivity contribution >= 4 is 30.8 Å². The molecular weight excluding hydrogens is 354 g/mol. The quantitative estimate of drug-likeness (QED) is 0.485. The molecule has 8 heavy (non-hydrogen) atoms. The van der Waals surface area contributed by atoms with Crippen molar-refractivity contribution in [2.24, 2.45) is 0 Å². The van der Waals surface area contributed by atoms with Gasteiger partial charge in [-0.3, -0.25) is 0 Å². The second kappa shape index (κ2) is 3.11. The molecule has 6 heteroatoms. The summed E-state index contributed by atoms with van der Waals surface area (Å²) in [6.07, 6.45) is 0. The van der Waals surface area contributed by atoms with Gasteiger partial charge in [-0.15, -0.1) is 0 Å². The van der Waals surface area contributed by atoms with Gasteiger partial charge in [-0.2, -0.15) is 0 Å². The van der Waals surface area contributed by atoms with Gasteiger partial charge in [-0.25, -0.2) is 0 Å². The average Bonchev–Trinajstić information content (AvgIpc) is 2.14. The first kappa shape index (κ1) is 6.93. The molecule has 1 rings (SSSR count). The van der Waals surface area contributed by atoms with Crippen LogP contribution in [-0.2, 0) is 0 Å². The number of aromatic nitrogens is 2. The molecule has 1 heterocycles. The Balaban J connectivity index is 3.01. The summed E-state index contributed by atoms with van der Waals surface area (Å²) in [5.74, 6) is 0. The average molecular weight is 355 g/mol. The first-order chi connectivity index (χ1) is 3.83. The van der Waals surface area contributed by atoms with Gasteiger partial charge < -0.3 is 0 Å². The van der Waals surface area contributed by atoms with E-state index in [1.165, 1.54) is 0 Å². The van der Waals surface area contributed by atoms with Crippen LogP contribution in [0.25, 0.3) is 0 Å². The van der Waals surface area contributed by atoms with Gasteiger partial charge in [0, 0.05) is 0 Å². The fourth-order valence-corrected chi connectivity index (χ4v) is 2.20. The van der Waals surface area contributed by atoms with Crippen LogP contribution in [0, 0.1) is 8.73 Å². The molecule has 0 saturated heterocycles. The molecule has 3 nitrogen and oxygen atoms in total. The van der Waals surface area contributed by atoms with Gasteiger partial charge in [0.15, 0.2) is 0 Å². The molecule has 1 aromatic heterocycles. The predicted molar refractivity (Wildman–Crippen MR) is 34.4 cm³/mol. The zero-order valence-corrected chi connectivity index (χ0v) is 8.65. The van der Waals surface area contributed by atoms with E-state index in [1.54, 1.807) is 0 Å². The monoisotopic (exact) mass is 355 g/mol. The van der Waals surface area contributed by atoms with E-state index in [-0.39, 0.29) is 17.2 Å². The standard InChI is InChI=1S/C2HI2N2OS/c3-4-1-5-6-2(8)7-1/h(H,6,8)/q-1. The number of nitrogens with one attached hydrogen (secondary N) is 1.